The van der Waals surface area contributed by atoms with E-state index >= 15 is 0 Å². The largest absolute Gasteiger partial charge is 0.490 e. The second-order valence-electron chi connectivity index (χ2n) is 6.66. The van der Waals surface area contributed by atoms with E-state index < -0.39 is 0 Å². The van der Waals surface area contributed by atoms with E-state index in [0.717, 1.165) is 43.0 Å². The Hall–Kier alpha value is -1.95. The van der Waals surface area contributed by atoms with Crippen LogP contribution in [-0.2, 0) is 4.74 Å². The molecule has 0 bridgehead atoms. The SMILES string of the molecule is CC1CC(CN=C(N)Nc2ccc3c(c2)OCCCO3)CC(C)O1. The zero-order chi connectivity index (χ0) is 16.9. The summed E-state index contributed by atoms with van der Waals surface area (Å²) in [6, 6.07) is 5.73. The molecular weight excluding hydrogens is 306 g/mol. The summed E-state index contributed by atoms with van der Waals surface area (Å²) in [5.74, 6) is 2.47. The van der Waals surface area contributed by atoms with Gasteiger partial charge >= 0.3 is 0 Å². The number of nitrogens with one attached hydrogen (secondary N) is 1. The summed E-state index contributed by atoms with van der Waals surface area (Å²) in [5, 5.41) is 3.14. The normalized spacial score (nSPS) is 27.4. The van der Waals surface area contributed by atoms with Crippen LogP contribution >= 0.6 is 0 Å². The molecule has 1 fully saturated rings. The van der Waals surface area contributed by atoms with Gasteiger partial charge in [0, 0.05) is 24.7 Å². The van der Waals surface area contributed by atoms with E-state index in [4.69, 9.17) is 19.9 Å². The van der Waals surface area contributed by atoms with Crippen molar-refractivity contribution in [2.45, 2.75) is 45.3 Å². The van der Waals surface area contributed by atoms with Gasteiger partial charge in [-0.3, -0.25) is 4.99 Å². The van der Waals surface area contributed by atoms with E-state index in [1.54, 1.807) is 0 Å². The maximum atomic E-state index is 6.03. The van der Waals surface area contributed by atoms with E-state index in [1.807, 2.05) is 18.2 Å². The predicted molar refractivity (Wildman–Crippen MR) is 94.9 cm³/mol. The number of rotatable bonds is 3. The van der Waals surface area contributed by atoms with Gasteiger partial charge in [-0.05, 0) is 44.7 Å². The zero-order valence-corrected chi connectivity index (χ0v) is 14.5. The molecule has 3 rings (SSSR count). The second-order valence-corrected chi connectivity index (χ2v) is 6.66. The van der Waals surface area contributed by atoms with Crippen molar-refractivity contribution in [3.63, 3.8) is 0 Å². The van der Waals surface area contributed by atoms with E-state index in [0.29, 0.717) is 37.3 Å². The average Bonchev–Trinajstić information content (AvgIpc) is 2.77. The van der Waals surface area contributed by atoms with Crippen LogP contribution in [0.4, 0.5) is 5.69 Å². The molecule has 6 heteroatoms. The van der Waals surface area contributed by atoms with Gasteiger partial charge in [0.1, 0.15) is 0 Å². The van der Waals surface area contributed by atoms with Crippen molar-refractivity contribution in [2.75, 3.05) is 25.1 Å². The molecular formula is C18H27N3O3. The maximum Gasteiger partial charge on any atom is 0.193 e. The van der Waals surface area contributed by atoms with Crippen LogP contribution in [0.15, 0.2) is 23.2 Å². The molecule has 0 amide bonds. The van der Waals surface area contributed by atoms with Crippen molar-refractivity contribution in [1.82, 2.24) is 0 Å². The minimum absolute atomic E-state index is 0.296. The molecule has 3 N–H and O–H groups in total. The Labute approximate surface area is 143 Å². The molecule has 1 aromatic rings. The summed E-state index contributed by atoms with van der Waals surface area (Å²) in [7, 11) is 0. The van der Waals surface area contributed by atoms with Gasteiger partial charge < -0.3 is 25.3 Å². The van der Waals surface area contributed by atoms with Gasteiger partial charge in [-0.25, -0.2) is 0 Å². The highest BCUT2D eigenvalue weighted by Gasteiger charge is 2.24. The lowest BCUT2D eigenvalue weighted by molar-refractivity contribution is -0.0501. The molecule has 24 heavy (non-hydrogen) atoms. The van der Waals surface area contributed by atoms with Gasteiger partial charge in [-0.1, -0.05) is 0 Å². The second kappa shape index (κ2) is 7.75. The molecule has 0 aliphatic carbocycles. The van der Waals surface area contributed by atoms with Crippen LogP contribution in [0, 0.1) is 5.92 Å². The summed E-state index contributed by atoms with van der Waals surface area (Å²) < 4.78 is 17.1. The third-order valence-corrected chi connectivity index (χ3v) is 4.33. The molecule has 0 aromatic heterocycles. The predicted octanol–water partition coefficient (Wildman–Crippen LogP) is 2.78. The summed E-state index contributed by atoms with van der Waals surface area (Å²) in [6.07, 6.45) is 3.55. The number of guanidine groups is 1. The molecule has 0 spiro atoms. The summed E-state index contributed by atoms with van der Waals surface area (Å²) in [5.41, 5.74) is 6.89. The van der Waals surface area contributed by atoms with Crippen LogP contribution in [-0.4, -0.2) is 37.9 Å². The fourth-order valence-corrected chi connectivity index (χ4v) is 3.35. The van der Waals surface area contributed by atoms with Crippen molar-refractivity contribution in [1.29, 1.82) is 0 Å². The first-order valence-electron chi connectivity index (χ1n) is 8.72. The Morgan fingerprint density at radius 1 is 1.17 bits per heavy atom. The third kappa shape index (κ3) is 4.54. The number of anilines is 1. The fraction of sp³-hybridized carbons (Fsp3) is 0.611. The lowest BCUT2D eigenvalue weighted by Crippen LogP contribution is -2.31. The maximum absolute atomic E-state index is 6.03. The first kappa shape index (κ1) is 16.9. The van der Waals surface area contributed by atoms with Crippen LogP contribution in [0.5, 0.6) is 11.5 Å². The number of hydrogen-bond donors (Lipinski definition) is 2. The van der Waals surface area contributed by atoms with Gasteiger partial charge in [0.15, 0.2) is 17.5 Å². The summed E-state index contributed by atoms with van der Waals surface area (Å²) >= 11 is 0. The van der Waals surface area contributed by atoms with Crippen molar-refractivity contribution < 1.29 is 14.2 Å². The number of ether oxygens (including phenoxy) is 3. The Morgan fingerprint density at radius 2 is 1.88 bits per heavy atom. The lowest BCUT2D eigenvalue weighted by Gasteiger charge is -2.31. The van der Waals surface area contributed by atoms with Gasteiger partial charge in [0.05, 0.1) is 25.4 Å². The first-order valence-corrected chi connectivity index (χ1v) is 8.72. The highest BCUT2D eigenvalue weighted by molar-refractivity contribution is 5.92. The molecule has 1 aromatic carbocycles. The van der Waals surface area contributed by atoms with Crippen molar-refractivity contribution in [3.05, 3.63) is 18.2 Å². The first-order chi connectivity index (χ1) is 11.6. The number of hydrogen-bond acceptors (Lipinski definition) is 4. The van der Waals surface area contributed by atoms with Crippen LogP contribution in [0.1, 0.15) is 33.1 Å². The quantitative estimate of drug-likeness (QED) is 0.657. The highest BCUT2D eigenvalue weighted by Crippen LogP contribution is 2.32. The molecule has 0 saturated carbocycles. The number of nitrogens with two attached hydrogens (primary N) is 1. The van der Waals surface area contributed by atoms with Gasteiger partial charge in [-0.15, -0.1) is 0 Å². The monoisotopic (exact) mass is 333 g/mol. The Morgan fingerprint density at radius 3 is 2.62 bits per heavy atom. The van der Waals surface area contributed by atoms with Gasteiger partial charge in [0.25, 0.3) is 0 Å². The van der Waals surface area contributed by atoms with Crippen molar-refractivity contribution in [3.8, 4) is 11.5 Å². The van der Waals surface area contributed by atoms with E-state index in [9.17, 15) is 0 Å². The fourth-order valence-electron chi connectivity index (χ4n) is 3.35. The Bertz CT molecular complexity index is 581. The van der Waals surface area contributed by atoms with Crippen LogP contribution < -0.4 is 20.5 Å². The van der Waals surface area contributed by atoms with E-state index in [-0.39, 0.29) is 0 Å². The topological polar surface area (TPSA) is 78.1 Å². The molecule has 2 atom stereocenters. The Balaban J connectivity index is 1.58. The molecule has 132 valence electrons. The van der Waals surface area contributed by atoms with Gasteiger partial charge in [0.2, 0.25) is 0 Å². The minimum atomic E-state index is 0.296. The Kier molecular flexibility index (Phi) is 5.45. The molecule has 1 saturated heterocycles. The number of nitrogens with zero attached hydrogens (tertiary/aromatic N) is 1. The number of aliphatic imine (C=N–C) groups is 1. The zero-order valence-electron chi connectivity index (χ0n) is 14.5. The highest BCUT2D eigenvalue weighted by atomic mass is 16.5. The molecule has 2 aliphatic rings. The number of benzene rings is 1. The summed E-state index contributed by atoms with van der Waals surface area (Å²) in [4.78, 5) is 4.50. The molecule has 2 aliphatic heterocycles. The lowest BCUT2D eigenvalue weighted by atomic mass is 9.93. The minimum Gasteiger partial charge on any atom is -0.490 e. The van der Waals surface area contributed by atoms with E-state index in [2.05, 4.69) is 24.2 Å². The summed E-state index contributed by atoms with van der Waals surface area (Å²) in [6.45, 7) is 6.31. The molecule has 0 radical (unpaired) electrons. The number of fused-ring (bicyclic) bond motifs is 1. The standard InChI is InChI=1S/C18H27N3O3/c1-12-8-14(9-13(2)24-12)11-20-18(19)21-15-4-5-16-17(10-15)23-7-3-6-22-16/h4-5,10,12-14H,3,6-9,11H2,1-2H3,(H3,19,20,21). The molecule has 2 unspecified atom stereocenters. The van der Waals surface area contributed by atoms with E-state index in [1.165, 1.54) is 0 Å². The smallest absolute Gasteiger partial charge is 0.193 e. The molecule has 2 heterocycles. The van der Waals surface area contributed by atoms with Crippen molar-refractivity contribution in [2.24, 2.45) is 16.6 Å². The third-order valence-electron chi connectivity index (χ3n) is 4.33. The van der Waals surface area contributed by atoms with Crippen LogP contribution in [0.3, 0.4) is 0 Å². The van der Waals surface area contributed by atoms with Crippen LogP contribution in [0.2, 0.25) is 0 Å². The molecule has 6 nitrogen and oxygen atoms in total. The van der Waals surface area contributed by atoms with Gasteiger partial charge in [-0.2, -0.15) is 0 Å². The van der Waals surface area contributed by atoms with Crippen LogP contribution in [0.25, 0.3) is 0 Å². The average molecular weight is 333 g/mol. The van der Waals surface area contributed by atoms with Crippen molar-refractivity contribution >= 4 is 11.6 Å².